The van der Waals surface area contributed by atoms with Gasteiger partial charge < -0.3 is 9.84 Å². The van der Waals surface area contributed by atoms with Crippen molar-refractivity contribution in [3.05, 3.63) is 24.3 Å². The largest absolute Gasteiger partial charge is 0.495 e. The minimum absolute atomic E-state index is 0.440. The van der Waals surface area contributed by atoms with Gasteiger partial charge in [-0.15, -0.1) is 0 Å². The molecular weight excluding hydrogens is 210 g/mol. The zero-order chi connectivity index (χ0) is 12.1. The number of aliphatic carboxylic acids is 1. The minimum atomic E-state index is -1.07. The van der Waals surface area contributed by atoms with E-state index in [-0.39, 0.29) is 0 Å². The lowest BCUT2D eigenvalue weighted by Crippen LogP contribution is -2.38. The lowest BCUT2D eigenvalue weighted by molar-refractivity contribution is -0.138. The van der Waals surface area contributed by atoms with Crippen molar-refractivity contribution < 1.29 is 19.4 Å². The number of rotatable bonds is 5. The number of carboxylic acid groups (broad SMARTS) is 1. The van der Waals surface area contributed by atoms with E-state index in [4.69, 9.17) is 9.84 Å². The summed E-state index contributed by atoms with van der Waals surface area (Å²) >= 11 is 0. The van der Waals surface area contributed by atoms with Crippen LogP contribution >= 0.6 is 0 Å². The van der Waals surface area contributed by atoms with Crippen LogP contribution in [0.5, 0.6) is 5.75 Å². The fraction of sp³-hybridized carbons (Fsp3) is 0.273. The van der Waals surface area contributed by atoms with Crippen LogP contribution in [0.2, 0.25) is 0 Å². The number of hydrogen-bond acceptors (Lipinski definition) is 3. The zero-order valence-electron chi connectivity index (χ0n) is 9.08. The number of hydrogen-bond donors (Lipinski definition) is 1. The fourth-order valence-corrected chi connectivity index (χ4v) is 1.32. The molecule has 5 heteroatoms. The number of methoxy groups -OCH3 is 1. The van der Waals surface area contributed by atoms with E-state index >= 15 is 0 Å². The van der Waals surface area contributed by atoms with Gasteiger partial charge in [-0.3, -0.25) is 9.69 Å². The van der Waals surface area contributed by atoms with Gasteiger partial charge >= 0.3 is 5.97 Å². The highest BCUT2D eigenvalue weighted by atomic mass is 16.5. The van der Waals surface area contributed by atoms with Crippen molar-refractivity contribution in [2.75, 3.05) is 12.0 Å². The Morgan fingerprint density at radius 1 is 1.50 bits per heavy atom. The van der Waals surface area contributed by atoms with Gasteiger partial charge in [0.15, 0.2) is 0 Å². The molecule has 0 bridgehead atoms. The van der Waals surface area contributed by atoms with Crippen molar-refractivity contribution in [3.63, 3.8) is 0 Å². The summed E-state index contributed by atoms with van der Waals surface area (Å²) in [4.78, 5) is 22.9. The number of para-hydroxylation sites is 2. The molecule has 5 nitrogen and oxygen atoms in total. The van der Waals surface area contributed by atoms with Gasteiger partial charge in [0.05, 0.1) is 12.8 Å². The molecule has 0 aliphatic rings. The normalized spacial score (nSPS) is 11.6. The number of amides is 1. The molecule has 16 heavy (non-hydrogen) atoms. The van der Waals surface area contributed by atoms with E-state index < -0.39 is 12.0 Å². The Morgan fingerprint density at radius 2 is 2.12 bits per heavy atom. The smallest absolute Gasteiger partial charge is 0.326 e. The first kappa shape index (κ1) is 12.0. The van der Waals surface area contributed by atoms with Gasteiger partial charge in [0.1, 0.15) is 11.8 Å². The Kier molecular flexibility index (Phi) is 3.88. The van der Waals surface area contributed by atoms with Crippen LogP contribution in [0.3, 0.4) is 0 Å². The van der Waals surface area contributed by atoms with E-state index in [2.05, 4.69) is 0 Å². The summed E-state index contributed by atoms with van der Waals surface area (Å²) in [6.45, 7) is 1.43. The first-order chi connectivity index (χ1) is 7.61. The number of carbonyl (C=O) groups is 2. The number of ether oxygens (including phenoxy) is 1. The maximum atomic E-state index is 10.9. The molecular formula is C11H13NO4. The van der Waals surface area contributed by atoms with Gasteiger partial charge in [-0.05, 0) is 19.1 Å². The summed E-state index contributed by atoms with van der Waals surface area (Å²) < 4.78 is 5.06. The molecule has 0 spiro atoms. The Hall–Kier alpha value is -2.04. The molecule has 0 saturated carbocycles. The molecule has 0 saturated heterocycles. The van der Waals surface area contributed by atoms with Crippen LogP contribution in [-0.2, 0) is 9.59 Å². The highest BCUT2D eigenvalue weighted by molar-refractivity contribution is 5.89. The third kappa shape index (κ3) is 2.31. The maximum Gasteiger partial charge on any atom is 0.326 e. The molecule has 0 aliphatic heterocycles. The van der Waals surface area contributed by atoms with Gasteiger partial charge in [0.2, 0.25) is 6.41 Å². The van der Waals surface area contributed by atoms with Crippen molar-refractivity contribution in [2.45, 2.75) is 13.0 Å². The Labute approximate surface area is 93.2 Å². The van der Waals surface area contributed by atoms with Gasteiger partial charge in [0, 0.05) is 0 Å². The summed E-state index contributed by atoms with van der Waals surface area (Å²) in [5.41, 5.74) is 0.440. The average molecular weight is 223 g/mol. The van der Waals surface area contributed by atoms with Crippen LogP contribution in [0.25, 0.3) is 0 Å². The van der Waals surface area contributed by atoms with Gasteiger partial charge in [-0.2, -0.15) is 0 Å². The van der Waals surface area contributed by atoms with Crippen molar-refractivity contribution >= 4 is 18.1 Å². The number of carbonyl (C=O) groups excluding carboxylic acids is 1. The van der Waals surface area contributed by atoms with E-state index in [1.807, 2.05) is 0 Å². The predicted octanol–water partition coefficient (Wildman–Crippen LogP) is 1.13. The molecule has 1 rings (SSSR count). The van der Waals surface area contributed by atoms with E-state index in [9.17, 15) is 9.59 Å². The number of nitrogens with zero attached hydrogens (tertiary/aromatic N) is 1. The lowest BCUT2D eigenvalue weighted by Gasteiger charge is -2.23. The standard InChI is InChI=1S/C11H13NO4/c1-8(11(14)15)12(7-13)9-5-3-4-6-10(9)16-2/h3-8H,1-2H3,(H,14,15). The molecule has 0 heterocycles. The van der Waals surface area contributed by atoms with E-state index in [1.165, 1.54) is 14.0 Å². The average Bonchev–Trinajstić information content (AvgIpc) is 2.30. The minimum Gasteiger partial charge on any atom is -0.495 e. The van der Waals surface area contributed by atoms with Crippen LogP contribution in [0.15, 0.2) is 24.3 Å². The number of carboxylic acids is 1. The highest BCUT2D eigenvalue weighted by Gasteiger charge is 2.22. The van der Waals surface area contributed by atoms with Gasteiger partial charge in [-0.1, -0.05) is 12.1 Å². The molecule has 1 unspecified atom stereocenters. The molecule has 0 radical (unpaired) electrons. The monoisotopic (exact) mass is 223 g/mol. The van der Waals surface area contributed by atoms with Crippen molar-refractivity contribution in [2.24, 2.45) is 0 Å². The Morgan fingerprint density at radius 3 is 2.62 bits per heavy atom. The molecule has 0 fully saturated rings. The summed E-state index contributed by atoms with van der Waals surface area (Å²) in [6, 6.07) is 5.82. The molecule has 86 valence electrons. The van der Waals surface area contributed by atoms with Crippen molar-refractivity contribution in [1.82, 2.24) is 0 Å². The summed E-state index contributed by atoms with van der Waals surface area (Å²) in [6.07, 6.45) is 0.483. The molecule has 1 N–H and O–H groups in total. The van der Waals surface area contributed by atoms with E-state index in [1.54, 1.807) is 24.3 Å². The molecule has 0 aromatic heterocycles. The second-order valence-corrected chi connectivity index (χ2v) is 3.20. The SMILES string of the molecule is COc1ccccc1N(C=O)C(C)C(=O)O. The number of anilines is 1. The molecule has 0 aliphatic carbocycles. The van der Waals surface area contributed by atoms with Crippen LogP contribution in [0.4, 0.5) is 5.69 Å². The first-order valence-corrected chi connectivity index (χ1v) is 4.71. The molecule has 1 aromatic rings. The van der Waals surface area contributed by atoms with Gasteiger partial charge in [-0.25, -0.2) is 4.79 Å². The third-order valence-electron chi connectivity index (χ3n) is 2.25. The van der Waals surface area contributed by atoms with E-state index in [0.29, 0.717) is 17.8 Å². The van der Waals surface area contributed by atoms with Crippen LogP contribution in [0.1, 0.15) is 6.92 Å². The summed E-state index contributed by atoms with van der Waals surface area (Å²) in [5.74, 6) is -0.610. The predicted molar refractivity (Wildman–Crippen MR) is 58.6 cm³/mol. The topological polar surface area (TPSA) is 66.8 Å². The second kappa shape index (κ2) is 5.16. The lowest BCUT2D eigenvalue weighted by atomic mass is 10.2. The quantitative estimate of drug-likeness (QED) is 0.760. The Balaban J connectivity index is 3.12. The summed E-state index contributed by atoms with van der Waals surface area (Å²) in [7, 11) is 1.47. The number of benzene rings is 1. The molecule has 1 amide bonds. The molecule has 1 aromatic carbocycles. The van der Waals surface area contributed by atoms with E-state index in [0.717, 1.165) is 4.90 Å². The molecule has 1 atom stereocenters. The zero-order valence-corrected chi connectivity index (χ0v) is 9.08. The van der Waals surface area contributed by atoms with Crippen molar-refractivity contribution in [1.29, 1.82) is 0 Å². The Bertz CT molecular complexity index is 391. The second-order valence-electron chi connectivity index (χ2n) is 3.20. The van der Waals surface area contributed by atoms with Gasteiger partial charge in [0.25, 0.3) is 0 Å². The first-order valence-electron chi connectivity index (χ1n) is 4.71. The maximum absolute atomic E-state index is 10.9. The van der Waals surface area contributed by atoms with Crippen LogP contribution in [0, 0.1) is 0 Å². The summed E-state index contributed by atoms with van der Waals surface area (Å²) in [5, 5.41) is 8.87. The highest BCUT2D eigenvalue weighted by Crippen LogP contribution is 2.28. The third-order valence-corrected chi connectivity index (χ3v) is 2.25. The van der Waals surface area contributed by atoms with Crippen LogP contribution < -0.4 is 9.64 Å². The van der Waals surface area contributed by atoms with Crippen molar-refractivity contribution in [3.8, 4) is 5.75 Å². The fourth-order valence-electron chi connectivity index (χ4n) is 1.32. The van der Waals surface area contributed by atoms with Crippen LogP contribution in [-0.4, -0.2) is 30.6 Å².